The van der Waals surface area contributed by atoms with Gasteiger partial charge in [0.15, 0.2) is 9.84 Å². The highest BCUT2D eigenvalue weighted by Crippen LogP contribution is 2.37. The molecule has 1 aromatic heterocycles. The van der Waals surface area contributed by atoms with E-state index in [0.29, 0.717) is 16.7 Å². The Bertz CT molecular complexity index is 1190. The zero-order valence-electron chi connectivity index (χ0n) is 17.1. The van der Waals surface area contributed by atoms with Crippen molar-refractivity contribution in [2.24, 2.45) is 0 Å². The minimum absolute atomic E-state index is 0.0376. The SMILES string of the molecule is COC(=O)c1c(CS(=O)(=O)c2ccccc2/C=C/CO)ccc(-c2ccoc2)c1OC. The molecule has 0 fully saturated rings. The van der Waals surface area contributed by atoms with Crippen LogP contribution in [0.4, 0.5) is 0 Å². The van der Waals surface area contributed by atoms with Gasteiger partial charge in [-0.05, 0) is 23.3 Å². The summed E-state index contributed by atoms with van der Waals surface area (Å²) in [5, 5.41) is 9.03. The summed E-state index contributed by atoms with van der Waals surface area (Å²) in [6, 6.07) is 11.4. The summed E-state index contributed by atoms with van der Waals surface area (Å²) in [6.07, 6.45) is 5.98. The molecule has 0 amide bonds. The maximum absolute atomic E-state index is 13.3. The number of rotatable bonds is 8. The Kier molecular flexibility index (Phi) is 6.94. The van der Waals surface area contributed by atoms with Crippen LogP contribution in [0.2, 0.25) is 0 Å². The second-order valence-electron chi connectivity index (χ2n) is 6.57. The molecule has 0 aliphatic carbocycles. The molecule has 3 rings (SSSR count). The van der Waals surface area contributed by atoms with Gasteiger partial charge in [0.2, 0.25) is 0 Å². The number of benzene rings is 2. The molecule has 0 unspecified atom stereocenters. The number of esters is 1. The fraction of sp³-hybridized carbons (Fsp3) is 0.174. The van der Waals surface area contributed by atoms with Crippen LogP contribution in [-0.2, 0) is 20.3 Å². The van der Waals surface area contributed by atoms with E-state index in [2.05, 4.69) is 0 Å². The fourth-order valence-electron chi connectivity index (χ4n) is 3.29. The maximum atomic E-state index is 13.3. The molecule has 0 saturated carbocycles. The molecular formula is C23H22O7S. The summed E-state index contributed by atoms with van der Waals surface area (Å²) in [4.78, 5) is 12.7. The van der Waals surface area contributed by atoms with E-state index in [-0.39, 0.29) is 28.4 Å². The van der Waals surface area contributed by atoms with Crippen molar-refractivity contribution in [1.29, 1.82) is 0 Å². The molecule has 0 spiro atoms. The summed E-state index contributed by atoms with van der Waals surface area (Å²) in [6.45, 7) is -0.215. The standard InChI is InChI=1S/C23H22O7S/c1-28-22-19(17-11-13-30-14-17)10-9-18(21(22)23(25)29-2)15-31(26,27)20-8-4-3-6-16(20)7-5-12-24/h3-11,13-14,24H,12,15H2,1-2H3/b7-5+. The van der Waals surface area contributed by atoms with Gasteiger partial charge in [0, 0.05) is 11.1 Å². The average molecular weight is 442 g/mol. The number of carbonyl (C=O) groups excluding carboxylic acids is 1. The number of carbonyl (C=O) groups is 1. The largest absolute Gasteiger partial charge is 0.495 e. The van der Waals surface area contributed by atoms with Crippen LogP contribution in [0.3, 0.4) is 0 Å². The maximum Gasteiger partial charge on any atom is 0.341 e. The molecule has 31 heavy (non-hydrogen) atoms. The van der Waals surface area contributed by atoms with Crippen molar-refractivity contribution in [1.82, 2.24) is 0 Å². The Morgan fingerprint density at radius 1 is 1.13 bits per heavy atom. The van der Waals surface area contributed by atoms with Gasteiger partial charge in [-0.25, -0.2) is 13.2 Å². The second kappa shape index (κ2) is 9.63. The van der Waals surface area contributed by atoms with Gasteiger partial charge in [-0.15, -0.1) is 0 Å². The van der Waals surface area contributed by atoms with E-state index in [9.17, 15) is 13.2 Å². The zero-order chi connectivity index (χ0) is 22.4. The predicted molar refractivity (Wildman–Crippen MR) is 115 cm³/mol. The molecule has 1 heterocycles. The lowest BCUT2D eigenvalue weighted by Gasteiger charge is -2.16. The summed E-state index contributed by atoms with van der Waals surface area (Å²) in [5.74, 6) is -0.945. The van der Waals surface area contributed by atoms with Gasteiger partial charge in [-0.3, -0.25) is 0 Å². The third kappa shape index (κ3) is 4.70. The Hall–Kier alpha value is -3.36. The lowest BCUT2D eigenvalue weighted by atomic mass is 9.99. The first-order valence-corrected chi connectivity index (χ1v) is 11.0. The van der Waals surface area contributed by atoms with Crippen molar-refractivity contribution in [3.63, 3.8) is 0 Å². The minimum Gasteiger partial charge on any atom is -0.495 e. The Labute approximate surface area is 180 Å². The van der Waals surface area contributed by atoms with E-state index in [4.69, 9.17) is 19.0 Å². The average Bonchev–Trinajstić information content (AvgIpc) is 3.31. The third-order valence-electron chi connectivity index (χ3n) is 4.67. The monoisotopic (exact) mass is 442 g/mol. The summed E-state index contributed by atoms with van der Waals surface area (Å²) >= 11 is 0. The number of aliphatic hydroxyl groups is 1. The Morgan fingerprint density at radius 2 is 1.90 bits per heavy atom. The molecule has 0 aliphatic rings. The smallest absolute Gasteiger partial charge is 0.341 e. The van der Waals surface area contributed by atoms with Crippen molar-refractivity contribution >= 4 is 21.9 Å². The molecule has 3 aromatic rings. The van der Waals surface area contributed by atoms with Crippen LogP contribution >= 0.6 is 0 Å². The second-order valence-corrected chi connectivity index (χ2v) is 8.52. The van der Waals surface area contributed by atoms with E-state index in [1.54, 1.807) is 36.4 Å². The van der Waals surface area contributed by atoms with E-state index >= 15 is 0 Å². The Balaban J connectivity index is 2.13. The first-order valence-electron chi connectivity index (χ1n) is 9.33. The van der Waals surface area contributed by atoms with Gasteiger partial charge < -0.3 is 19.0 Å². The van der Waals surface area contributed by atoms with Gasteiger partial charge in [0.1, 0.15) is 11.3 Å². The van der Waals surface area contributed by atoms with Crippen LogP contribution in [0, 0.1) is 0 Å². The summed E-state index contributed by atoms with van der Waals surface area (Å²) < 4.78 is 42.0. The van der Waals surface area contributed by atoms with Crippen LogP contribution in [0.1, 0.15) is 21.5 Å². The van der Waals surface area contributed by atoms with Crippen LogP contribution in [0.5, 0.6) is 5.75 Å². The number of hydrogen-bond donors (Lipinski definition) is 1. The quantitative estimate of drug-likeness (QED) is 0.530. The molecule has 0 atom stereocenters. The molecule has 8 heteroatoms. The van der Waals surface area contributed by atoms with Crippen LogP contribution in [-0.4, -0.2) is 40.3 Å². The van der Waals surface area contributed by atoms with Crippen molar-refractivity contribution in [3.8, 4) is 16.9 Å². The molecule has 0 aliphatic heterocycles. The van der Waals surface area contributed by atoms with Gasteiger partial charge in [0.05, 0.1) is 44.0 Å². The van der Waals surface area contributed by atoms with Crippen LogP contribution in [0.15, 0.2) is 70.4 Å². The third-order valence-corrected chi connectivity index (χ3v) is 6.41. The number of aliphatic hydroxyl groups excluding tert-OH is 1. The van der Waals surface area contributed by atoms with Crippen molar-refractivity contribution < 1.29 is 32.2 Å². The fourth-order valence-corrected chi connectivity index (χ4v) is 4.88. The van der Waals surface area contributed by atoms with E-state index in [1.807, 2.05) is 0 Å². The molecule has 7 nitrogen and oxygen atoms in total. The molecule has 1 N–H and O–H groups in total. The topological polar surface area (TPSA) is 103 Å². The van der Waals surface area contributed by atoms with Gasteiger partial charge >= 0.3 is 5.97 Å². The summed E-state index contributed by atoms with van der Waals surface area (Å²) in [7, 11) is -1.22. The Morgan fingerprint density at radius 3 is 2.55 bits per heavy atom. The first kappa shape index (κ1) is 22.3. The van der Waals surface area contributed by atoms with Crippen molar-refractivity contribution in [3.05, 3.63) is 77.8 Å². The molecule has 0 radical (unpaired) electrons. The minimum atomic E-state index is -3.85. The van der Waals surface area contributed by atoms with E-state index < -0.39 is 21.6 Å². The normalized spacial score (nSPS) is 11.6. The lowest BCUT2D eigenvalue weighted by Crippen LogP contribution is -2.14. The number of sulfone groups is 1. The molecule has 162 valence electrons. The lowest BCUT2D eigenvalue weighted by molar-refractivity contribution is 0.0596. The number of methoxy groups -OCH3 is 2. The van der Waals surface area contributed by atoms with Crippen molar-refractivity contribution in [2.75, 3.05) is 20.8 Å². The van der Waals surface area contributed by atoms with E-state index in [1.165, 1.54) is 45.0 Å². The van der Waals surface area contributed by atoms with Gasteiger partial charge in [-0.2, -0.15) is 0 Å². The number of hydrogen-bond acceptors (Lipinski definition) is 7. The molecule has 0 bridgehead atoms. The zero-order valence-corrected chi connectivity index (χ0v) is 17.9. The highest BCUT2D eigenvalue weighted by molar-refractivity contribution is 7.90. The number of furan rings is 1. The highest BCUT2D eigenvalue weighted by atomic mass is 32.2. The molecule has 2 aromatic carbocycles. The number of ether oxygens (including phenoxy) is 2. The van der Waals surface area contributed by atoms with Gasteiger partial charge in [0.25, 0.3) is 0 Å². The predicted octanol–water partition coefficient (Wildman–Crippen LogP) is 3.72. The van der Waals surface area contributed by atoms with Crippen LogP contribution in [0.25, 0.3) is 17.2 Å². The summed E-state index contributed by atoms with van der Waals surface area (Å²) in [5.41, 5.74) is 1.98. The highest BCUT2D eigenvalue weighted by Gasteiger charge is 2.27. The van der Waals surface area contributed by atoms with Gasteiger partial charge in [-0.1, -0.05) is 42.5 Å². The van der Waals surface area contributed by atoms with Crippen LogP contribution < -0.4 is 4.74 Å². The van der Waals surface area contributed by atoms with Crippen molar-refractivity contribution in [2.45, 2.75) is 10.6 Å². The molecular weight excluding hydrogens is 420 g/mol. The molecule has 0 saturated heterocycles. The van der Waals surface area contributed by atoms with E-state index in [0.717, 1.165) is 0 Å². The first-order chi connectivity index (χ1) is 14.9.